The lowest BCUT2D eigenvalue weighted by atomic mass is 10.0. The van der Waals surface area contributed by atoms with E-state index in [-0.39, 0.29) is 6.04 Å². The molecule has 106 valence electrons. The van der Waals surface area contributed by atoms with Gasteiger partial charge in [0, 0.05) is 5.56 Å². The maximum absolute atomic E-state index is 6.24. The fourth-order valence-corrected chi connectivity index (χ4v) is 2.42. The van der Waals surface area contributed by atoms with Crippen LogP contribution in [0.3, 0.4) is 0 Å². The largest absolute Gasteiger partial charge is 0.496 e. The highest BCUT2D eigenvalue weighted by molar-refractivity contribution is 6.33. The molecule has 2 rings (SSSR count). The molecule has 0 aliphatic carbocycles. The number of nitrogens with one attached hydrogen (secondary N) is 1. The van der Waals surface area contributed by atoms with E-state index >= 15 is 0 Å². The van der Waals surface area contributed by atoms with Gasteiger partial charge < -0.3 is 10.1 Å². The van der Waals surface area contributed by atoms with Gasteiger partial charge in [0.15, 0.2) is 0 Å². The first-order chi connectivity index (χ1) is 9.51. The smallest absolute Gasteiger partial charge is 0.124 e. The molecule has 0 saturated carbocycles. The zero-order chi connectivity index (χ0) is 14.7. The Kier molecular flexibility index (Phi) is 4.56. The Labute approximate surface area is 125 Å². The average molecular weight is 290 g/mol. The van der Waals surface area contributed by atoms with Crippen LogP contribution in [0.4, 0.5) is 5.69 Å². The van der Waals surface area contributed by atoms with Crippen LogP contribution in [0.25, 0.3) is 0 Å². The van der Waals surface area contributed by atoms with Crippen LogP contribution in [0.2, 0.25) is 5.02 Å². The molecular formula is C17H20ClNO. The van der Waals surface area contributed by atoms with Crippen molar-refractivity contribution in [2.24, 2.45) is 0 Å². The summed E-state index contributed by atoms with van der Waals surface area (Å²) in [5.41, 5.74) is 4.47. The van der Waals surface area contributed by atoms with Crippen molar-refractivity contribution in [3.63, 3.8) is 0 Å². The molecule has 0 aliphatic rings. The molecule has 0 aromatic heterocycles. The van der Waals surface area contributed by atoms with Gasteiger partial charge in [0.05, 0.1) is 23.9 Å². The molecular weight excluding hydrogens is 270 g/mol. The number of hydrogen-bond acceptors (Lipinski definition) is 2. The normalized spacial score (nSPS) is 12.1. The molecule has 0 heterocycles. The first-order valence-electron chi connectivity index (χ1n) is 6.68. The van der Waals surface area contributed by atoms with E-state index < -0.39 is 0 Å². The van der Waals surface area contributed by atoms with E-state index in [0.29, 0.717) is 0 Å². The van der Waals surface area contributed by atoms with Crippen molar-refractivity contribution in [1.82, 2.24) is 0 Å². The number of halogens is 1. The highest BCUT2D eigenvalue weighted by Gasteiger charge is 2.13. The van der Waals surface area contributed by atoms with Gasteiger partial charge in [0.2, 0.25) is 0 Å². The summed E-state index contributed by atoms with van der Waals surface area (Å²) in [5, 5.41) is 4.19. The third kappa shape index (κ3) is 3.26. The highest BCUT2D eigenvalue weighted by atomic mass is 35.5. The van der Waals surface area contributed by atoms with E-state index in [2.05, 4.69) is 44.3 Å². The van der Waals surface area contributed by atoms with Crippen LogP contribution in [0.5, 0.6) is 5.75 Å². The van der Waals surface area contributed by atoms with Gasteiger partial charge in [-0.3, -0.25) is 0 Å². The minimum absolute atomic E-state index is 0.115. The second-order valence-corrected chi connectivity index (χ2v) is 5.50. The third-order valence-corrected chi connectivity index (χ3v) is 3.68. The van der Waals surface area contributed by atoms with Gasteiger partial charge in [0.1, 0.15) is 5.75 Å². The number of hydrogen-bond donors (Lipinski definition) is 1. The van der Waals surface area contributed by atoms with E-state index in [4.69, 9.17) is 16.3 Å². The van der Waals surface area contributed by atoms with Crippen LogP contribution in [0.15, 0.2) is 36.4 Å². The predicted octanol–water partition coefficient (Wildman–Crippen LogP) is 5.14. The van der Waals surface area contributed by atoms with Crippen molar-refractivity contribution in [2.75, 3.05) is 12.4 Å². The van der Waals surface area contributed by atoms with E-state index in [1.54, 1.807) is 7.11 Å². The first kappa shape index (κ1) is 14.7. The maximum atomic E-state index is 6.24. The molecule has 0 saturated heterocycles. The Morgan fingerprint density at radius 2 is 1.70 bits per heavy atom. The Hall–Kier alpha value is -1.67. The standard InChI is InChI=1S/C17H20ClNO/c1-11-6-8-17(20-4)14(9-11)13(3)19-16-10-12(2)5-7-15(16)18/h5-10,13,19H,1-4H3. The lowest BCUT2D eigenvalue weighted by Gasteiger charge is -2.20. The Balaban J connectivity index is 2.30. The fraction of sp³-hybridized carbons (Fsp3) is 0.294. The fourth-order valence-electron chi connectivity index (χ4n) is 2.25. The molecule has 3 heteroatoms. The number of methoxy groups -OCH3 is 1. The van der Waals surface area contributed by atoms with Crippen LogP contribution in [0, 0.1) is 13.8 Å². The van der Waals surface area contributed by atoms with Gasteiger partial charge in [0.25, 0.3) is 0 Å². The molecule has 1 unspecified atom stereocenters. The summed E-state index contributed by atoms with van der Waals surface area (Å²) in [6.07, 6.45) is 0. The van der Waals surface area contributed by atoms with Gasteiger partial charge >= 0.3 is 0 Å². The molecule has 2 aromatic rings. The average Bonchev–Trinajstić information content (AvgIpc) is 2.42. The monoisotopic (exact) mass is 289 g/mol. The third-order valence-electron chi connectivity index (χ3n) is 3.35. The SMILES string of the molecule is COc1ccc(C)cc1C(C)Nc1cc(C)ccc1Cl. The van der Waals surface area contributed by atoms with E-state index in [1.165, 1.54) is 11.1 Å². The first-order valence-corrected chi connectivity index (χ1v) is 7.06. The van der Waals surface area contributed by atoms with Crippen molar-refractivity contribution < 1.29 is 4.74 Å². The summed E-state index contributed by atoms with van der Waals surface area (Å²) in [6.45, 7) is 6.24. The molecule has 0 bridgehead atoms. The van der Waals surface area contributed by atoms with Crippen molar-refractivity contribution in [1.29, 1.82) is 0 Å². The Morgan fingerprint density at radius 3 is 2.40 bits per heavy atom. The minimum atomic E-state index is 0.115. The minimum Gasteiger partial charge on any atom is -0.496 e. The summed E-state index contributed by atoms with van der Waals surface area (Å²) in [7, 11) is 1.69. The molecule has 0 radical (unpaired) electrons. The van der Waals surface area contributed by atoms with Crippen molar-refractivity contribution in [3.05, 3.63) is 58.1 Å². The second-order valence-electron chi connectivity index (χ2n) is 5.09. The molecule has 1 N–H and O–H groups in total. The maximum Gasteiger partial charge on any atom is 0.124 e. The van der Waals surface area contributed by atoms with Crippen LogP contribution in [0.1, 0.15) is 29.7 Å². The van der Waals surface area contributed by atoms with Crippen molar-refractivity contribution >= 4 is 17.3 Å². The zero-order valence-corrected chi connectivity index (χ0v) is 13.1. The Bertz CT molecular complexity index is 610. The molecule has 20 heavy (non-hydrogen) atoms. The zero-order valence-electron chi connectivity index (χ0n) is 12.3. The van der Waals surface area contributed by atoms with Gasteiger partial charge in [-0.15, -0.1) is 0 Å². The summed E-state index contributed by atoms with van der Waals surface area (Å²) >= 11 is 6.24. The number of benzene rings is 2. The van der Waals surface area contributed by atoms with Crippen molar-refractivity contribution in [3.8, 4) is 5.75 Å². The predicted molar refractivity (Wildman–Crippen MR) is 86.0 cm³/mol. The van der Waals surface area contributed by atoms with E-state index in [9.17, 15) is 0 Å². The molecule has 0 fully saturated rings. The van der Waals surface area contributed by atoms with Crippen LogP contribution < -0.4 is 10.1 Å². The van der Waals surface area contributed by atoms with Crippen LogP contribution >= 0.6 is 11.6 Å². The molecule has 2 aromatic carbocycles. The summed E-state index contributed by atoms with van der Waals surface area (Å²) in [6, 6.07) is 12.3. The Morgan fingerprint density at radius 1 is 1.05 bits per heavy atom. The summed E-state index contributed by atoms with van der Waals surface area (Å²) in [4.78, 5) is 0. The number of anilines is 1. The molecule has 0 amide bonds. The van der Waals surface area contributed by atoms with Gasteiger partial charge in [-0.05, 0) is 44.5 Å². The number of rotatable bonds is 4. The van der Waals surface area contributed by atoms with E-state index in [0.717, 1.165) is 22.0 Å². The number of aryl methyl sites for hydroxylation is 2. The topological polar surface area (TPSA) is 21.3 Å². The highest BCUT2D eigenvalue weighted by Crippen LogP contribution is 2.31. The van der Waals surface area contributed by atoms with Gasteiger partial charge in [-0.25, -0.2) is 0 Å². The quantitative estimate of drug-likeness (QED) is 0.841. The molecule has 0 aliphatic heterocycles. The number of ether oxygens (including phenoxy) is 1. The van der Waals surface area contributed by atoms with Crippen LogP contribution in [-0.2, 0) is 0 Å². The van der Waals surface area contributed by atoms with Crippen LogP contribution in [-0.4, -0.2) is 7.11 Å². The molecule has 0 spiro atoms. The second kappa shape index (κ2) is 6.19. The summed E-state index contributed by atoms with van der Waals surface area (Å²) < 4.78 is 5.44. The molecule has 2 nitrogen and oxygen atoms in total. The van der Waals surface area contributed by atoms with Gasteiger partial charge in [-0.1, -0.05) is 35.4 Å². The van der Waals surface area contributed by atoms with Crippen molar-refractivity contribution in [2.45, 2.75) is 26.8 Å². The molecule has 1 atom stereocenters. The lowest BCUT2D eigenvalue weighted by molar-refractivity contribution is 0.408. The lowest BCUT2D eigenvalue weighted by Crippen LogP contribution is -2.09. The summed E-state index contributed by atoms with van der Waals surface area (Å²) in [5.74, 6) is 0.888. The van der Waals surface area contributed by atoms with E-state index in [1.807, 2.05) is 18.2 Å². The van der Waals surface area contributed by atoms with Gasteiger partial charge in [-0.2, -0.15) is 0 Å².